The number of esters is 2. The predicted molar refractivity (Wildman–Crippen MR) is 47.0 cm³/mol. The van der Waals surface area contributed by atoms with Gasteiger partial charge in [0, 0.05) is 0 Å². The molecule has 1 atom stereocenters. The van der Waals surface area contributed by atoms with Crippen molar-refractivity contribution >= 4 is 11.9 Å². The number of allylic oxidation sites excluding steroid dienone is 1. The summed E-state index contributed by atoms with van der Waals surface area (Å²) in [6, 6.07) is 0. The third-order valence-electron chi connectivity index (χ3n) is 1.46. The van der Waals surface area contributed by atoms with Crippen LogP contribution < -0.4 is 0 Å². The third kappa shape index (κ3) is 3.73. The maximum absolute atomic E-state index is 11.2. The van der Waals surface area contributed by atoms with Crippen LogP contribution in [0, 0.1) is 5.92 Å². The van der Waals surface area contributed by atoms with Crippen molar-refractivity contribution in [1.82, 2.24) is 0 Å². The largest absolute Gasteiger partial charge is 0.468 e. The van der Waals surface area contributed by atoms with Crippen LogP contribution in [-0.2, 0) is 19.1 Å². The Bertz CT molecular complexity index is 198. The van der Waals surface area contributed by atoms with E-state index in [1.165, 1.54) is 13.2 Å². The first-order chi connectivity index (χ1) is 6.17. The lowest BCUT2D eigenvalue weighted by atomic mass is 10.1. The van der Waals surface area contributed by atoms with Gasteiger partial charge in [-0.1, -0.05) is 6.08 Å². The van der Waals surface area contributed by atoms with Gasteiger partial charge in [-0.25, -0.2) is 0 Å². The van der Waals surface area contributed by atoms with Gasteiger partial charge in [-0.15, -0.1) is 6.58 Å². The van der Waals surface area contributed by atoms with Crippen molar-refractivity contribution in [3.05, 3.63) is 12.7 Å². The molecule has 0 saturated heterocycles. The number of hydrogen-bond donors (Lipinski definition) is 0. The fourth-order valence-electron chi connectivity index (χ4n) is 0.840. The van der Waals surface area contributed by atoms with Crippen molar-refractivity contribution in [3.8, 4) is 0 Å². The molecule has 0 fully saturated rings. The second kappa shape index (κ2) is 6.22. The van der Waals surface area contributed by atoms with Gasteiger partial charge in [0.1, 0.15) is 0 Å². The van der Waals surface area contributed by atoms with Crippen LogP contribution in [-0.4, -0.2) is 25.7 Å². The summed E-state index contributed by atoms with van der Waals surface area (Å²) in [5.74, 6) is -2.02. The van der Waals surface area contributed by atoms with Crippen LogP contribution in [0.2, 0.25) is 0 Å². The predicted octanol–water partition coefficient (Wildman–Crippen LogP) is 0.915. The Labute approximate surface area is 77.5 Å². The van der Waals surface area contributed by atoms with Gasteiger partial charge in [0.2, 0.25) is 0 Å². The molecule has 1 unspecified atom stereocenters. The second-order valence-electron chi connectivity index (χ2n) is 2.35. The summed E-state index contributed by atoms with van der Waals surface area (Å²) in [5, 5.41) is 0. The van der Waals surface area contributed by atoms with Crippen LogP contribution in [0.1, 0.15) is 13.3 Å². The Kier molecular flexibility index (Phi) is 5.59. The first kappa shape index (κ1) is 11.7. The van der Waals surface area contributed by atoms with Crippen molar-refractivity contribution in [2.75, 3.05) is 13.7 Å². The van der Waals surface area contributed by atoms with E-state index < -0.39 is 17.9 Å². The Morgan fingerprint density at radius 1 is 1.46 bits per heavy atom. The number of carbonyl (C=O) groups is 2. The van der Waals surface area contributed by atoms with Gasteiger partial charge in [-0.2, -0.15) is 0 Å². The standard InChI is InChI=1S/C9H14O4/c1-4-6-7(8(10)12-3)9(11)13-5-2/h4,7H,1,5-6H2,2-3H3. The lowest BCUT2D eigenvalue weighted by molar-refractivity contribution is -0.160. The zero-order chi connectivity index (χ0) is 10.3. The molecule has 0 saturated carbocycles. The molecule has 0 N–H and O–H groups in total. The van der Waals surface area contributed by atoms with Gasteiger partial charge in [0.15, 0.2) is 5.92 Å². The number of ether oxygens (including phenoxy) is 2. The molecule has 0 amide bonds. The van der Waals surface area contributed by atoms with Gasteiger partial charge in [0.05, 0.1) is 13.7 Å². The van der Waals surface area contributed by atoms with E-state index in [1.807, 2.05) is 0 Å². The van der Waals surface area contributed by atoms with Crippen LogP contribution in [0.3, 0.4) is 0 Å². The normalized spacial score (nSPS) is 11.5. The number of rotatable bonds is 5. The average molecular weight is 186 g/mol. The van der Waals surface area contributed by atoms with E-state index >= 15 is 0 Å². The molecule has 0 aliphatic rings. The topological polar surface area (TPSA) is 52.6 Å². The molecule has 0 bridgehead atoms. The van der Waals surface area contributed by atoms with Crippen LogP contribution in [0.15, 0.2) is 12.7 Å². The van der Waals surface area contributed by atoms with Gasteiger partial charge < -0.3 is 9.47 Å². The lowest BCUT2D eigenvalue weighted by Gasteiger charge is -2.10. The zero-order valence-corrected chi connectivity index (χ0v) is 7.91. The highest BCUT2D eigenvalue weighted by Crippen LogP contribution is 2.08. The molecule has 0 aliphatic carbocycles. The molecule has 0 spiro atoms. The van der Waals surface area contributed by atoms with E-state index in [0.717, 1.165) is 0 Å². The molecule has 0 rings (SSSR count). The summed E-state index contributed by atoms with van der Waals surface area (Å²) in [6.07, 6.45) is 1.73. The summed E-state index contributed by atoms with van der Waals surface area (Å²) < 4.78 is 9.14. The van der Waals surface area contributed by atoms with E-state index in [0.29, 0.717) is 0 Å². The van der Waals surface area contributed by atoms with E-state index in [9.17, 15) is 9.59 Å². The number of carbonyl (C=O) groups excluding carboxylic acids is 2. The van der Waals surface area contributed by atoms with Gasteiger partial charge in [-0.3, -0.25) is 9.59 Å². The molecule has 0 aromatic carbocycles. The van der Waals surface area contributed by atoms with Crippen molar-refractivity contribution in [2.24, 2.45) is 5.92 Å². The summed E-state index contributed by atoms with van der Waals surface area (Å²) in [7, 11) is 1.23. The molecule has 0 radical (unpaired) electrons. The third-order valence-corrected chi connectivity index (χ3v) is 1.46. The summed E-state index contributed by atoms with van der Waals surface area (Å²) in [5.41, 5.74) is 0. The second-order valence-corrected chi connectivity index (χ2v) is 2.35. The van der Waals surface area contributed by atoms with E-state index in [1.54, 1.807) is 6.92 Å². The van der Waals surface area contributed by atoms with Crippen molar-refractivity contribution < 1.29 is 19.1 Å². The van der Waals surface area contributed by atoms with Crippen LogP contribution in [0.4, 0.5) is 0 Å². The fraction of sp³-hybridized carbons (Fsp3) is 0.556. The molecule has 0 aromatic rings. The van der Waals surface area contributed by atoms with Crippen molar-refractivity contribution in [1.29, 1.82) is 0 Å². The monoisotopic (exact) mass is 186 g/mol. The Hall–Kier alpha value is -1.32. The summed E-state index contributed by atoms with van der Waals surface area (Å²) in [4.78, 5) is 22.2. The zero-order valence-electron chi connectivity index (χ0n) is 7.91. The highest BCUT2D eigenvalue weighted by Gasteiger charge is 2.27. The molecule has 0 aliphatic heterocycles. The smallest absolute Gasteiger partial charge is 0.320 e. The molecule has 0 heterocycles. The van der Waals surface area contributed by atoms with Gasteiger partial charge >= 0.3 is 11.9 Å². The number of hydrogen-bond acceptors (Lipinski definition) is 4. The van der Waals surface area contributed by atoms with Crippen molar-refractivity contribution in [3.63, 3.8) is 0 Å². The Morgan fingerprint density at radius 3 is 2.46 bits per heavy atom. The maximum Gasteiger partial charge on any atom is 0.320 e. The van der Waals surface area contributed by atoms with E-state index in [2.05, 4.69) is 11.3 Å². The molecule has 4 heteroatoms. The maximum atomic E-state index is 11.2. The minimum Gasteiger partial charge on any atom is -0.468 e. The first-order valence-electron chi connectivity index (χ1n) is 4.02. The van der Waals surface area contributed by atoms with Crippen LogP contribution in [0.5, 0.6) is 0 Å². The first-order valence-corrected chi connectivity index (χ1v) is 4.02. The fourth-order valence-corrected chi connectivity index (χ4v) is 0.840. The SMILES string of the molecule is C=CCC(C(=O)OC)C(=O)OCC. The quantitative estimate of drug-likeness (QED) is 0.364. The summed E-state index contributed by atoms with van der Waals surface area (Å²) >= 11 is 0. The average Bonchev–Trinajstić information content (AvgIpc) is 2.13. The minimum atomic E-state index is -0.873. The molecule has 74 valence electrons. The molecular weight excluding hydrogens is 172 g/mol. The highest BCUT2D eigenvalue weighted by atomic mass is 16.5. The minimum absolute atomic E-state index is 0.242. The highest BCUT2D eigenvalue weighted by molar-refractivity contribution is 5.95. The van der Waals surface area contributed by atoms with Crippen molar-refractivity contribution in [2.45, 2.75) is 13.3 Å². The Morgan fingerprint density at radius 2 is 2.08 bits per heavy atom. The van der Waals surface area contributed by atoms with E-state index in [4.69, 9.17) is 4.74 Å². The van der Waals surface area contributed by atoms with Gasteiger partial charge in [0.25, 0.3) is 0 Å². The molecule has 0 aromatic heterocycles. The summed E-state index contributed by atoms with van der Waals surface area (Å²) in [6.45, 7) is 5.38. The Balaban J connectivity index is 4.30. The molecule has 4 nitrogen and oxygen atoms in total. The lowest BCUT2D eigenvalue weighted by Crippen LogP contribution is -2.26. The van der Waals surface area contributed by atoms with E-state index in [-0.39, 0.29) is 13.0 Å². The molecule has 13 heavy (non-hydrogen) atoms. The molecular formula is C9H14O4. The van der Waals surface area contributed by atoms with Gasteiger partial charge in [-0.05, 0) is 13.3 Å². The van der Waals surface area contributed by atoms with Crippen LogP contribution >= 0.6 is 0 Å². The van der Waals surface area contributed by atoms with Crippen LogP contribution in [0.25, 0.3) is 0 Å². The number of methoxy groups -OCH3 is 1.